The van der Waals surface area contributed by atoms with Gasteiger partial charge in [0.05, 0.1) is 6.54 Å². The number of rotatable bonds is 4. The summed E-state index contributed by atoms with van der Waals surface area (Å²) in [4.78, 5) is 3.57. The van der Waals surface area contributed by atoms with Crippen molar-refractivity contribution in [1.82, 2.24) is 0 Å². The molecule has 1 aliphatic heterocycles. The third kappa shape index (κ3) is 3.24. The molecule has 0 radical (unpaired) electrons. The topological polar surface area (TPSA) is 8.88 Å². The SMILES string of the molecule is Clc1cccc(C[NH+]2CC[NH+](C[C@H]3C[C@H]4C=C[C@H]3C4)CC2)c1. The summed E-state index contributed by atoms with van der Waals surface area (Å²) < 4.78 is 0. The number of quaternary nitrogens is 2. The first kappa shape index (κ1) is 14.7. The zero-order valence-corrected chi connectivity index (χ0v) is 14.0. The number of halogens is 1. The quantitative estimate of drug-likeness (QED) is 0.761. The van der Waals surface area contributed by atoms with Crippen molar-refractivity contribution in [1.29, 1.82) is 0 Å². The number of hydrogen-bond donors (Lipinski definition) is 2. The average Bonchev–Trinajstić information content (AvgIpc) is 3.12. The summed E-state index contributed by atoms with van der Waals surface area (Å²) in [5.74, 6) is 2.80. The highest BCUT2D eigenvalue weighted by Crippen LogP contribution is 2.42. The van der Waals surface area contributed by atoms with Gasteiger partial charge in [-0.25, -0.2) is 0 Å². The molecule has 2 fully saturated rings. The van der Waals surface area contributed by atoms with Gasteiger partial charge >= 0.3 is 0 Å². The molecule has 1 aromatic rings. The maximum atomic E-state index is 6.09. The molecule has 1 saturated carbocycles. The lowest BCUT2D eigenvalue weighted by Gasteiger charge is -2.32. The van der Waals surface area contributed by atoms with Gasteiger partial charge in [0.25, 0.3) is 0 Å². The Kier molecular flexibility index (Phi) is 4.25. The number of nitrogens with one attached hydrogen (secondary N) is 2. The second kappa shape index (κ2) is 6.35. The molecule has 1 heterocycles. The summed E-state index contributed by atoms with van der Waals surface area (Å²) in [7, 11) is 0. The Morgan fingerprint density at radius 3 is 2.50 bits per heavy atom. The van der Waals surface area contributed by atoms with E-state index in [1.54, 1.807) is 4.90 Å². The van der Waals surface area contributed by atoms with Crippen LogP contribution in [0.3, 0.4) is 0 Å². The summed E-state index contributed by atoms with van der Waals surface area (Å²) in [6.07, 6.45) is 7.87. The Bertz CT molecular complexity index is 548. The zero-order chi connectivity index (χ0) is 14.9. The molecule has 3 aliphatic rings. The lowest BCUT2D eigenvalue weighted by Crippen LogP contribution is -3.27. The molecule has 2 bridgehead atoms. The molecule has 4 rings (SSSR count). The number of allylic oxidation sites excluding steroid dienone is 2. The van der Waals surface area contributed by atoms with Crippen LogP contribution in [-0.2, 0) is 6.54 Å². The highest BCUT2D eigenvalue weighted by atomic mass is 35.5. The highest BCUT2D eigenvalue weighted by molar-refractivity contribution is 6.30. The second-order valence-electron chi connectivity index (χ2n) is 7.55. The second-order valence-corrected chi connectivity index (χ2v) is 7.99. The van der Waals surface area contributed by atoms with Gasteiger partial charge in [-0.2, -0.15) is 0 Å². The van der Waals surface area contributed by atoms with Gasteiger partial charge in [0.15, 0.2) is 0 Å². The maximum absolute atomic E-state index is 6.09. The monoisotopic (exact) mass is 318 g/mol. The van der Waals surface area contributed by atoms with Crippen LogP contribution < -0.4 is 9.80 Å². The molecule has 118 valence electrons. The first-order valence-corrected chi connectivity index (χ1v) is 9.24. The molecule has 0 amide bonds. The van der Waals surface area contributed by atoms with Gasteiger partial charge in [-0.1, -0.05) is 35.9 Å². The Morgan fingerprint density at radius 1 is 1.00 bits per heavy atom. The van der Waals surface area contributed by atoms with E-state index in [0.717, 1.165) is 29.3 Å². The standard InChI is InChI=1S/C19H25ClN2/c20-19-3-1-2-16(12-19)13-21-6-8-22(9-7-21)14-18-11-15-4-5-17(18)10-15/h1-5,12,15,17-18H,6-11,13-14H2/p+2/t15-,17-,18+/m0/s1. The number of fused-ring (bicyclic) bond motifs is 2. The molecule has 0 aromatic heterocycles. The number of benzene rings is 1. The van der Waals surface area contributed by atoms with E-state index in [1.807, 2.05) is 11.0 Å². The number of hydrogen-bond acceptors (Lipinski definition) is 0. The van der Waals surface area contributed by atoms with E-state index < -0.39 is 0 Å². The van der Waals surface area contributed by atoms with Gasteiger partial charge < -0.3 is 9.80 Å². The van der Waals surface area contributed by atoms with Crippen LogP contribution >= 0.6 is 11.6 Å². The molecule has 3 atom stereocenters. The Morgan fingerprint density at radius 2 is 1.82 bits per heavy atom. The van der Waals surface area contributed by atoms with Crippen LogP contribution in [-0.4, -0.2) is 32.7 Å². The van der Waals surface area contributed by atoms with Crippen LogP contribution in [0.2, 0.25) is 5.02 Å². The van der Waals surface area contributed by atoms with Gasteiger partial charge in [-0.15, -0.1) is 0 Å². The van der Waals surface area contributed by atoms with Gasteiger partial charge in [0.1, 0.15) is 32.7 Å². The van der Waals surface area contributed by atoms with E-state index >= 15 is 0 Å². The van der Waals surface area contributed by atoms with E-state index in [0.29, 0.717) is 0 Å². The smallest absolute Gasteiger partial charge is 0.127 e. The summed E-state index contributed by atoms with van der Waals surface area (Å²) >= 11 is 6.09. The van der Waals surface area contributed by atoms with Crippen LogP contribution in [0.1, 0.15) is 18.4 Å². The molecule has 2 aliphatic carbocycles. The molecule has 2 nitrogen and oxygen atoms in total. The molecule has 0 unspecified atom stereocenters. The largest absolute Gasteiger partial charge is 0.325 e. The van der Waals surface area contributed by atoms with Crippen molar-refractivity contribution >= 4 is 11.6 Å². The molecule has 2 N–H and O–H groups in total. The van der Waals surface area contributed by atoms with E-state index in [1.165, 1.54) is 51.1 Å². The van der Waals surface area contributed by atoms with Crippen LogP contribution in [0, 0.1) is 17.8 Å². The summed E-state index contributed by atoms with van der Waals surface area (Å²) in [5, 5.41) is 0.866. The van der Waals surface area contributed by atoms with Crippen LogP contribution in [0.4, 0.5) is 0 Å². The Hall–Kier alpha value is -0.830. The molecular weight excluding hydrogens is 292 g/mol. The first-order valence-electron chi connectivity index (χ1n) is 8.86. The predicted octanol–water partition coefficient (Wildman–Crippen LogP) is 0.836. The van der Waals surface area contributed by atoms with Crippen molar-refractivity contribution in [3.8, 4) is 0 Å². The fraction of sp³-hybridized carbons (Fsp3) is 0.579. The average molecular weight is 319 g/mol. The van der Waals surface area contributed by atoms with E-state index in [-0.39, 0.29) is 0 Å². The van der Waals surface area contributed by atoms with Gasteiger partial charge in [0.2, 0.25) is 0 Å². The predicted molar refractivity (Wildman–Crippen MR) is 90.3 cm³/mol. The van der Waals surface area contributed by atoms with Crippen LogP contribution in [0.25, 0.3) is 0 Å². The molecular formula is C19H27ClN2+2. The minimum Gasteiger partial charge on any atom is -0.325 e. The molecule has 22 heavy (non-hydrogen) atoms. The van der Waals surface area contributed by atoms with E-state index in [4.69, 9.17) is 11.6 Å². The van der Waals surface area contributed by atoms with Crippen molar-refractivity contribution in [3.05, 3.63) is 47.0 Å². The minimum absolute atomic E-state index is 0.866. The van der Waals surface area contributed by atoms with Gasteiger partial charge in [0, 0.05) is 16.5 Å². The maximum Gasteiger partial charge on any atom is 0.127 e. The van der Waals surface area contributed by atoms with E-state index in [2.05, 4.69) is 30.4 Å². The Balaban J connectivity index is 1.25. The van der Waals surface area contributed by atoms with Crippen molar-refractivity contribution in [2.24, 2.45) is 17.8 Å². The lowest BCUT2D eigenvalue weighted by molar-refractivity contribution is -1.02. The fourth-order valence-electron chi connectivity index (χ4n) is 4.77. The third-order valence-electron chi connectivity index (χ3n) is 5.97. The van der Waals surface area contributed by atoms with Crippen molar-refractivity contribution in [2.75, 3.05) is 32.7 Å². The van der Waals surface area contributed by atoms with Gasteiger partial charge in [-0.05, 0) is 36.8 Å². The summed E-state index contributed by atoms with van der Waals surface area (Å²) in [6.45, 7) is 7.83. The van der Waals surface area contributed by atoms with Crippen molar-refractivity contribution < 1.29 is 9.80 Å². The van der Waals surface area contributed by atoms with Crippen molar-refractivity contribution in [3.63, 3.8) is 0 Å². The molecule has 1 saturated heterocycles. The van der Waals surface area contributed by atoms with Crippen LogP contribution in [0.5, 0.6) is 0 Å². The normalized spacial score (nSPS) is 36.9. The zero-order valence-electron chi connectivity index (χ0n) is 13.2. The first-order chi connectivity index (χ1) is 10.8. The number of piperazine rings is 1. The summed E-state index contributed by atoms with van der Waals surface area (Å²) in [5.41, 5.74) is 1.38. The molecule has 0 spiro atoms. The lowest BCUT2D eigenvalue weighted by atomic mass is 9.93. The molecule has 1 aromatic carbocycles. The molecule has 3 heteroatoms. The Labute approximate surface area is 138 Å². The van der Waals surface area contributed by atoms with Crippen molar-refractivity contribution in [2.45, 2.75) is 19.4 Å². The van der Waals surface area contributed by atoms with Gasteiger partial charge in [-0.3, -0.25) is 0 Å². The fourth-order valence-corrected chi connectivity index (χ4v) is 4.99. The minimum atomic E-state index is 0.866. The third-order valence-corrected chi connectivity index (χ3v) is 6.21. The van der Waals surface area contributed by atoms with E-state index in [9.17, 15) is 0 Å². The van der Waals surface area contributed by atoms with Crippen LogP contribution in [0.15, 0.2) is 36.4 Å². The highest BCUT2D eigenvalue weighted by Gasteiger charge is 2.38. The summed E-state index contributed by atoms with van der Waals surface area (Å²) in [6, 6.07) is 8.36.